The summed E-state index contributed by atoms with van der Waals surface area (Å²) < 4.78 is 5.51. The van der Waals surface area contributed by atoms with E-state index >= 15 is 0 Å². The number of halogens is 1. The van der Waals surface area contributed by atoms with Gasteiger partial charge in [-0.1, -0.05) is 35.9 Å². The summed E-state index contributed by atoms with van der Waals surface area (Å²) >= 11 is 6.11. The fourth-order valence-corrected chi connectivity index (χ4v) is 2.25. The SMILES string of the molecule is Cc1ccc(NCc2coc3ccccc23)cc1Cl. The van der Waals surface area contributed by atoms with E-state index in [1.54, 1.807) is 6.26 Å². The average molecular weight is 272 g/mol. The zero-order valence-corrected chi connectivity index (χ0v) is 11.4. The van der Waals surface area contributed by atoms with Gasteiger partial charge >= 0.3 is 0 Å². The van der Waals surface area contributed by atoms with Crippen LogP contribution in [0.4, 0.5) is 5.69 Å². The smallest absolute Gasteiger partial charge is 0.134 e. The largest absolute Gasteiger partial charge is 0.464 e. The summed E-state index contributed by atoms with van der Waals surface area (Å²) in [5.41, 5.74) is 4.16. The van der Waals surface area contributed by atoms with E-state index in [1.165, 1.54) is 0 Å². The first-order chi connectivity index (χ1) is 9.24. The number of para-hydroxylation sites is 1. The molecule has 0 saturated carbocycles. The van der Waals surface area contributed by atoms with Crippen LogP contribution in [0.5, 0.6) is 0 Å². The van der Waals surface area contributed by atoms with Crippen LogP contribution in [0.25, 0.3) is 11.0 Å². The molecular formula is C16H14ClNO. The molecule has 1 N–H and O–H groups in total. The van der Waals surface area contributed by atoms with Crippen molar-refractivity contribution in [3.63, 3.8) is 0 Å². The van der Waals surface area contributed by atoms with Crippen LogP contribution in [-0.2, 0) is 6.54 Å². The van der Waals surface area contributed by atoms with Crippen molar-refractivity contribution in [1.82, 2.24) is 0 Å². The Morgan fingerprint density at radius 3 is 2.84 bits per heavy atom. The second kappa shape index (κ2) is 4.98. The molecule has 0 unspecified atom stereocenters. The van der Waals surface area contributed by atoms with Crippen LogP contribution in [0.2, 0.25) is 5.02 Å². The number of benzene rings is 2. The lowest BCUT2D eigenvalue weighted by molar-refractivity contribution is 0.611. The third-order valence-electron chi connectivity index (χ3n) is 3.22. The number of rotatable bonds is 3. The monoisotopic (exact) mass is 271 g/mol. The van der Waals surface area contributed by atoms with E-state index in [1.807, 2.05) is 43.3 Å². The van der Waals surface area contributed by atoms with E-state index in [2.05, 4.69) is 11.4 Å². The Kier molecular flexibility index (Phi) is 3.18. The molecule has 1 heterocycles. The van der Waals surface area contributed by atoms with Crippen LogP contribution in [0.3, 0.4) is 0 Å². The number of nitrogens with one attached hydrogen (secondary N) is 1. The van der Waals surface area contributed by atoms with Crippen LogP contribution in [-0.4, -0.2) is 0 Å². The summed E-state index contributed by atoms with van der Waals surface area (Å²) in [5, 5.41) is 5.29. The van der Waals surface area contributed by atoms with E-state index in [0.29, 0.717) is 0 Å². The Morgan fingerprint density at radius 1 is 1.16 bits per heavy atom. The van der Waals surface area contributed by atoms with Crippen molar-refractivity contribution < 1.29 is 4.42 Å². The molecule has 2 aromatic carbocycles. The van der Waals surface area contributed by atoms with Gasteiger partial charge in [0.2, 0.25) is 0 Å². The van der Waals surface area contributed by atoms with Crippen LogP contribution in [0, 0.1) is 6.92 Å². The molecule has 0 aliphatic rings. The molecular weight excluding hydrogens is 258 g/mol. The van der Waals surface area contributed by atoms with Gasteiger partial charge in [0.1, 0.15) is 5.58 Å². The summed E-state index contributed by atoms with van der Waals surface area (Å²) in [6, 6.07) is 14.0. The lowest BCUT2D eigenvalue weighted by Gasteiger charge is -2.07. The number of hydrogen-bond acceptors (Lipinski definition) is 2. The number of anilines is 1. The number of hydrogen-bond donors (Lipinski definition) is 1. The summed E-state index contributed by atoms with van der Waals surface area (Å²) in [4.78, 5) is 0. The normalized spacial score (nSPS) is 10.8. The van der Waals surface area contributed by atoms with Crippen molar-refractivity contribution in [3.8, 4) is 0 Å². The quantitative estimate of drug-likeness (QED) is 0.725. The summed E-state index contributed by atoms with van der Waals surface area (Å²) in [5.74, 6) is 0. The van der Waals surface area contributed by atoms with Gasteiger partial charge in [0, 0.05) is 28.2 Å². The second-order valence-corrected chi connectivity index (χ2v) is 4.98. The van der Waals surface area contributed by atoms with Gasteiger partial charge in [0.25, 0.3) is 0 Å². The Labute approximate surface area is 117 Å². The molecule has 0 spiro atoms. The first-order valence-corrected chi connectivity index (χ1v) is 6.57. The summed E-state index contributed by atoms with van der Waals surface area (Å²) in [6.45, 7) is 2.71. The highest BCUT2D eigenvalue weighted by Gasteiger charge is 2.05. The van der Waals surface area contributed by atoms with Gasteiger partial charge in [0.15, 0.2) is 0 Å². The number of aryl methyl sites for hydroxylation is 1. The molecule has 0 atom stereocenters. The number of furan rings is 1. The molecule has 3 aromatic rings. The van der Waals surface area contributed by atoms with Crippen molar-refractivity contribution in [2.75, 3.05) is 5.32 Å². The topological polar surface area (TPSA) is 25.2 Å². The lowest BCUT2D eigenvalue weighted by atomic mass is 10.1. The first kappa shape index (κ1) is 12.1. The molecule has 3 heteroatoms. The molecule has 19 heavy (non-hydrogen) atoms. The Bertz CT molecular complexity index is 718. The van der Waals surface area contributed by atoms with Crippen LogP contribution < -0.4 is 5.32 Å². The van der Waals surface area contributed by atoms with Gasteiger partial charge in [-0.05, 0) is 30.7 Å². The molecule has 0 radical (unpaired) electrons. The van der Waals surface area contributed by atoms with Gasteiger partial charge < -0.3 is 9.73 Å². The third-order valence-corrected chi connectivity index (χ3v) is 3.62. The summed E-state index contributed by atoms with van der Waals surface area (Å²) in [6.07, 6.45) is 1.80. The van der Waals surface area contributed by atoms with Crippen LogP contribution in [0.1, 0.15) is 11.1 Å². The van der Waals surface area contributed by atoms with Gasteiger partial charge in [-0.15, -0.1) is 0 Å². The van der Waals surface area contributed by atoms with E-state index in [-0.39, 0.29) is 0 Å². The Balaban J connectivity index is 1.80. The van der Waals surface area contributed by atoms with E-state index < -0.39 is 0 Å². The minimum atomic E-state index is 0.719. The Morgan fingerprint density at radius 2 is 2.00 bits per heavy atom. The highest BCUT2D eigenvalue weighted by Crippen LogP contribution is 2.23. The molecule has 3 rings (SSSR count). The minimum absolute atomic E-state index is 0.719. The van der Waals surface area contributed by atoms with Gasteiger partial charge in [-0.25, -0.2) is 0 Å². The van der Waals surface area contributed by atoms with Crippen molar-refractivity contribution in [2.24, 2.45) is 0 Å². The van der Waals surface area contributed by atoms with Crippen molar-refractivity contribution in [3.05, 3.63) is 64.9 Å². The molecule has 0 amide bonds. The van der Waals surface area contributed by atoms with E-state index in [0.717, 1.165) is 39.4 Å². The zero-order valence-electron chi connectivity index (χ0n) is 10.6. The maximum Gasteiger partial charge on any atom is 0.134 e. The molecule has 0 bridgehead atoms. The van der Waals surface area contributed by atoms with Crippen molar-refractivity contribution in [2.45, 2.75) is 13.5 Å². The maximum atomic E-state index is 6.11. The summed E-state index contributed by atoms with van der Waals surface area (Å²) in [7, 11) is 0. The van der Waals surface area contributed by atoms with Crippen LogP contribution >= 0.6 is 11.6 Å². The predicted octanol–water partition coefficient (Wildman–Crippen LogP) is 5.01. The van der Waals surface area contributed by atoms with Crippen LogP contribution in [0.15, 0.2) is 53.1 Å². The highest BCUT2D eigenvalue weighted by atomic mass is 35.5. The second-order valence-electron chi connectivity index (χ2n) is 4.57. The van der Waals surface area contributed by atoms with Crippen molar-refractivity contribution in [1.29, 1.82) is 0 Å². The third kappa shape index (κ3) is 2.45. The fourth-order valence-electron chi connectivity index (χ4n) is 2.07. The lowest BCUT2D eigenvalue weighted by Crippen LogP contribution is -1.98. The standard InChI is InChI=1S/C16H14ClNO/c1-11-6-7-13(8-15(11)17)18-9-12-10-19-16-5-3-2-4-14(12)16/h2-8,10,18H,9H2,1H3. The molecule has 2 nitrogen and oxygen atoms in total. The molecule has 1 aromatic heterocycles. The first-order valence-electron chi connectivity index (χ1n) is 6.19. The van der Waals surface area contributed by atoms with Crippen molar-refractivity contribution >= 4 is 28.3 Å². The molecule has 96 valence electrons. The van der Waals surface area contributed by atoms with E-state index in [4.69, 9.17) is 16.0 Å². The highest BCUT2D eigenvalue weighted by molar-refractivity contribution is 6.31. The fraction of sp³-hybridized carbons (Fsp3) is 0.125. The molecule has 0 saturated heterocycles. The zero-order chi connectivity index (χ0) is 13.2. The van der Waals surface area contributed by atoms with Gasteiger partial charge in [-0.3, -0.25) is 0 Å². The molecule has 0 fully saturated rings. The van der Waals surface area contributed by atoms with E-state index in [9.17, 15) is 0 Å². The maximum absolute atomic E-state index is 6.11. The average Bonchev–Trinajstić information content (AvgIpc) is 2.83. The predicted molar refractivity (Wildman–Crippen MR) is 79.7 cm³/mol. The Hall–Kier alpha value is -1.93. The molecule has 0 aliphatic carbocycles. The number of fused-ring (bicyclic) bond motifs is 1. The van der Waals surface area contributed by atoms with Gasteiger partial charge in [-0.2, -0.15) is 0 Å². The molecule has 0 aliphatic heterocycles. The minimum Gasteiger partial charge on any atom is -0.464 e. The van der Waals surface area contributed by atoms with Gasteiger partial charge in [0.05, 0.1) is 6.26 Å².